The van der Waals surface area contributed by atoms with Crippen LogP contribution in [-0.4, -0.2) is 28.1 Å². The number of rotatable bonds is 5. The van der Waals surface area contributed by atoms with Crippen molar-refractivity contribution in [1.82, 2.24) is 9.97 Å². The molecule has 2 aromatic heterocycles. The largest absolute Gasteiger partial charge is 0.438 e. The molecule has 41 heavy (non-hydrogen) atoms. The fraction of sp³-hybridized carbons (Fsp3) is 0.400. The van der Waals surface area contributed by atoms with Gasteiger partial charge in [-0.15, -0.1) is 0 Å². The number of alkyl halides is 3. The number of cyclic esters (lactones) is 1. The van der Waals surface area contributed by atoms with E-state index in [1.807, 2.05) is 0 Å². The standard InChI is InChI=1S/C30H29F4N3O4/c1-16-6-8-19(9-7-16)28(38)37-18(3)40-29(39)22-12-26(24(31)13-25(22)37)41-27-23(30(32,33)34)11-21(15-36-27)17(2)20-5-4-10-35-14-20/h4-5,10-19H,6-9H2,1-3H3/t16-,17?,18?,19-. The van der Waals surface area contributed by atoms with E-state index in [4.69, 9.17) is 9.47 Å². The summed E-state index contributed by atoms with van der Waals surface area (Å²) in [6, 6.07) is 6.20. The highest BCUT2D eigenvalue weighted by Gasteiger charge is 2.40. The molecule has 1 saturated carbocycles. The Morgan fingerprint density at radius 3 is 2.49 bits per heavy atom. The number of anilines is 1. The van der Waals surface area contributed by atoms with Crippen LogP contribution in [0.2, 0.25) is 0 Å². The van der Waals surface area contributed by atoms with Gasteiger partial charge in [-0.2, -0.15) is 13.2 Å². The molecule has 1 aliphatic carbocycles. The molecule has 5 rings (SSSR count). The van der Waals surface area contributed by atoms with E-state index in [-0.39, 0.29) is 28.6 Å². The molecule has 3 aromatic rings. The summed E-state index contributed by atoms with van der Waals surface area (Å²) in [7, 11) is 0. The number of esters is 1. The van der Waals surface area contributed by atoms with Crippen molar-refractivity contribution >= 4 is 17.6 Å². The molecule has 0 radical (unpaired) electrons. The lowest BCUT2D eigenvalue weighted by atomic mass is 9.82. The van der Waals surface area contributed by atoms with Gasteiger partial charge in [-0.1, -0.05) is 19.9 Å². The number of benzene rings is 1. The number of nitrogens with zero attached hydrogens (tertiary/aromatic N) is 3. The van der Waals surface area contributed by atoms with Crippen molar-refractivity contribution < 1.29 is 36.6 Å². The minimum Gasteiger partial charge on any atom is -0.438 e. The molecule has 216 valence electrons. The Bertz CT molecular complexity index is 1460. The molecular weight excluding hydrogens is 542 g/mol. The van der Waals surface area contributed by atoms with E-state index in [9.17, 15) is 22.8 Å². The Hall–Kier alpha value is -4.02. The van der Waals surface area contributed by atoms with E-state index in [0.29, 0.717) is 24.3 Å². The molecule has 0 spiro atoms. The molecule has 2 unspecified atom stereocenters. The van der Waals surface area contributed by atoms with Gasteiger partial charge in [-0.05, 0) is 61.8 Å². The fourth-order valence-electron chi connectivity index (χ4n) is 5.37. The first-order valence-corrected chi connectivity index (χ1v) is 13.5. The second-order valence-corrected chi connectivity index (χ2v) is 10.7. The summed E-state index contributed by atoms with van der Waals surface area (Å²) in [5.74, 6) is -3.97. The average molecular weight is 572 g/mol. The second kappa shape index (κ2) is 11.1. The number of carbonyl (C=O) groups excluding carboxylic acids is 2. The van der Waals surface area contributed by atoms with Crippen molar-refractivity contribution in [3.05, 3.63) is 77.0 Å². The van der Waals surface area contributed by atoms with Gasteiger partial charge in [0.1, 0.15) is 5.56 Å². The number of halogens is 4. The van der Waals surface area contributed by atoms with Gasteiger partial charge in [-0.25, -0.2) is 14.2 Å². The SMILES string of the molecule is CC(c1cccnc1)c1cnc(Oc2cc3c(cc2F)N(C(=O)[C@H]2CC[C@H](C)CC2)C(C)OC3=O)c(C(F)(F)F)c1. The zero-order chi connectivity index (χ0) is 29.5. The van der Waals surface area contributed by atoms with E-state index in [1.165, 1.54) is 18.0 Å². The average Bonchev–Trinajstić information content (AvgIpc) is 2.94. The van der Waals surface area contributed by atoms with Gasteiger partial charge in [0, 0.05) is 42.6 Å². The molecule has 1 aromatic carbocycles. The van der Waals surface area contributed by atoms with Crippen LogP contribution in [0.25, 0.3) is 0 Å². The molecule has 1 fully saturated rings. The molecule has 1 aliphatic heterocycles. The number of aromatic nitrogens is 2. The summed E-state index contributed by atoms with van der Waals surface area (Å²) >= 11 is 0. The van der Waals surface area contributed by atoms with Gasteiger partial charge in [0.05, 0.1) is 11.3 Å². The number of hydrogen-bond acceptors (Lipinski definition) is 6. The Morgan fingerprint density at radius 1 is 1.10 bits per heavy atom. The summed E-state index contributed by atoms with van der Waals surface area (Å²) < 4.78 is 68.3. The predicted octanol–water partition coefficient (Wildman–Crippen LogP) is 7.25. The number of ether oxygens (including phenoxy) is 2. The van der Waals surface area contributed by atoms with E-state index in [0.717, 1.165) is 31.0 Å². The Labute approximate surface area is 234 Å². The molecule has 7 nitrogen and oxygen atoms in total. The minimum atomic E-state index is -4.87. The quantitative estimate of drug-likeness (QED) is 0.237. The van der Waals surface area contributed by atoms with Crippen molar-refractivity contribution in [2.75, 3.05) is 4.90 Å². The first kappa shape index (κ1) is 28.5. The van der Waals surface area contributed by atoms with Crippen LogP contribution in [0.4, 0.5) is 23.2 Å². The van der Waals surface area contributed by atoms with Crippen molar-refractivity contribution in [1.29, 1.82) is 0 Å². The normalized spacial score (nSPS) is 21.6. The molecular formula is C30H29F4N3O4. The van der Waals surface area contributed by atoms with Crippen LogP contribution >= 0.6 is 0 Å². The van der Waals surface area contributed by atoms with E-state index >= 15 is 4.39 Å². The van der Waals surface area contributed by atoms with Crippen LogP contribution in [0, 0.1) is 17.7 Å². The van der Waals surface area contributed by atoms with Crippen LogP contribution < -0.4 is 9.64 Å². The molecule has 0 bridgehead atoms. The first-order valence-electron chi connectivity index (χ1n) is 13.5. The maximum Gasteiger partial charge on any atom is 0.421 e. The third-order valence-corrected chi connectivity index (χ3v) is 7.84. The predicted molar refractivity (Wildman–Crippen MR) is 141 cm³/mol. The van der Waals surface area contributed by atoms with E-state index < -0.39 is 47.3 Å². The molecule has 0 saturated heterocycles. The topological polar surface area (TPSA) is 81.6 Å². The van der Waals surface area contributed by atoms with Crippen LogP contribution in [0.1, 0.15) is 79.4 Å². The van der Waals surface area contributed by atoms with Crippen molar-refractivity contribution in [3.63, 3.8) is 0 Å². The van der Waals surface area contributed by atoms with Gasteiger partial charge in [0.15, 0.2) is 17.8 Å². The van der Waals surface area contributed by atoms with Gasteiger partial charge in [-0.3, -0.25) is 14.7 Å². The lowest BCUT2D eigenvalue weighted by Gasteiger charge is -2.37. The van der Waals surface area contributed by atoms with Crippen LogP contribution in [0.5, 0.6) is 11.6 Å². The van der Waals surface area contributed by atoms with E-state index in [2.05, 4.69) is 16.9 Å². The Balaban J connectivity index is 1.48. The molecule has 2 aliphatic rings. The monoisotopic (exact) mass is 571 g/mol. The fourth-order valence-corrected chi connectivity index (χ4v) is 5.37. The number of hydrogen-bond donors (Lipinski definition) is 0. The number of carbonyl (C=O) groups is 2. The van der Waals surface area contributed by atoms with Crippen LogP contribution in [0.15, 0.2) is 48.9 Å². The van der Waals surface area contributed by atoms with Gasteiger partial charge < -0.3 is 9.47 Å². The summed E-state index contributed by atoms with van der Waals surface area (Å²) in [6.45, 7) is 5.34. The molecule has 2 atom stereocenters. The maximum absolute atomic E-state index is 15.4. The highest BCUT2D eigenvalue weighted by Crippen LogP contribution is 2.42. The smallest absolute Gasteiger partial charge is 0.421 e. The Kier molecular flexibility index (Phi) is 7.72. The van der Waals surface area contributed by atoms with Crippen molar-refractivity contribution in [2.24, 2.45) is 11.8 Å². The zero-order valence-electron chi connectivity index (χ0n) is 22.7. The lowest BCUT2D eigenvalue weighted by molar-refractivity contribution is -0.139. The van der Waals surface area contributed by atoms with Gasteiger partial charge >= 0.3 is 12.1 Å². The number of amides is 1. The summed E-state index contributed by atoms with van der Waals surface area (Å²) in [4.78, 5) is 35.3. The molecule has 3 heterocycles. The van der Waals surface area contributed by atoms with Gasteiger partial charge in [0.25, 0.3) is 0 Å². The summed E-state index contributed by atoms with van der Waals surface area (Å²) in [6.07, 6.45) is 1.57. The highest BCUT2D eigenvalue weighted by atomic mass is 19.4. The molecule has 1 amide bonds. The summed E-state index contributed by atoms with van der Waals surface area (Å²) in [5.41, 5.74) is -0.458. The molecule has 11 heteroatoms. The first-order chi connectivity index (χ1) is 19.4. The molecule has 0 N–H and O–H groups in total. The van der Waals surface area contributed by atoms with Crippen molar-refractivity contribution in [2.45, 2.75) is 64.8 Å². The van der Waals surface area contributed by atoms with Crippen LogP contribution in [-0.2, 0) is 15.7 Å². The van der Waals surface area contributed by atoms with E-state index in [1.54, 1.807) is 31.5 Å². The van der Waals surface area contributed by atoms with Crippen LogP contribution in [0.3, 0.4) is 0 Å². The third-order valence-electron chi connectivity index (χ3n) is 7.84. The Morgan fingerprint density at radius 2 is 1.83 bits per heavy atom. The zero-order valence-corrected chi connectivity index (χ0v) is 22.7. The lowest BCUT2D eigenvalue weighted by Crippen LogP contribution is -2.48. The third kappa shape index (κ3) is 5.75. The minimum absolute atomic E-state index is 0.00753. The van der Waals surface area contributed by atoms with Crippen molar-refractivity contribution in [3.8, 4) is 11.6 Å². The number of fused-ring (bicyclic) bond motifs is 1. The second-order valence-electron chi connectivity index (χ2n) is 10.7. The summed E-state index contributed by atoms with van der Waals surface area (Å²) in [5, 5.41) is 0. The number of pyridine rings is 2. The van der Waals surface area contributed by atoms with Gasteiger partial charge in [0.2, 0.25) is 11.8 Å². The maximum atomic E-state index is 15.4. The highest BCUT2D eigenvalue weighted by molar-refractivity contribution is 6.06.